The minimum Gasteiger partial charge on any atom is -0.494 e. The molecular weight excluding hydrogens is 292 g/mol. The van der Waals surface area contributed by atoms with Crippen molar-refractivity contribution in [2.45, 2.75) is 26.0 Å². The van der Waals surface area contributed by atoms with Crippen LogP contribution in [-0.2, 0) is 16.1 Å². The lowest BCUT2D eigenvalue weighted by Gasteiger charge is -2.23. The van der Waals surface area contributed by atoms with Crippen LogP contribution in [0.2, 0.25) is 0 Å². The van der Waals surface area contributed by atoms with Gasteiger partial charge >= 0.3 is 0 Å². The van der Waals surface area contributed by atoms with Gasteiger partial charge in [-0.1, -0.05) is 12.1 Å². The molecule has 0 spiro atoms. The summed E-state index contributed by atoms with van der Waals surface area (Å²) >= 11 is 0. The third-order valence-electron chi connectivity index (χ3n) is 3.12. The molecule has 118 valence electrons. The lowest BCUT2D eigenvalue weighted by atomic mass is 10.2. The van der Waals surface area contributed by atoms with Crippen molar-refractivity contribution in [1.82, 2.24) is 10.6 Å². The van der Waals surface area contributed by atoms with E-state index >= 15 is 0 Å². The van der Waals surface area contributed by atoms with Crippen molar-refractivity contribution in [3.05, 3.63) is 29.8 Å². The number of ether oxygens (including phenoxy) is 2. The first-order valence-corrected chi connectivity index (χ1v) is 7.08. The molecule has 1 amide bonds. The Bertz CT molecular complexity index is 437. The van der Waals surface area contributed by atoms with Crippen molar-refractivity contribution < 1.29 is 14.3 Å². The Kier molecular flexibility index (Phi) is 8.12. The molecule has 0 saturated carbocycles. The fourth-order valence-corrected chi connectivity index (χ4v) is 2.14. The minimum atomic E-state index is -0.0153. The SMILES string of the molecule is CCOc1cccc(CNC(=O)CC2CNCCO2)c1.Cl. The molecule has 0 aliphatic carbocycles. The monoisotopic (exact) mass is 314 g/mol. The fourth-order valence-electron chi connectivity index (χ4n) is 2.14. The highest BCUT2D eigenvalue weighted by Gasteiger charge is 2.16. The molecule has 1 unspecified atom stereocenters. The molecule has 1 fully saturated rings. The summed E-state index contributed by atoms with van der Waals surface area (Å²) in [4.78, 5) is 11.8. The average Bonchev–Trinajstić information content (AvgIpc) is 2.47. The van der Waals surface area contributed by atoms with E-state index in [4.69, 9.17) is 9.47 Å². The summed E-state index contributed by atoms with van der Waals surface area (Å²) in [6.07, 6.45) is 0.386. The summed E-state index contributed by atoms with van der Waals surface area (Å²) < 4.78 is 10.9. The van der Waals surface area contributed by atoms with Crippen LogP contribution in [0, 0.1) is 0 Å². The van der Waals surface area contributed by atoms with Gasteiger partial charge in [0.05, 0.1) is 25.7 Å². The second kappa shape index (κ2) is 9.60. The molecule has 0 aromatic heterocycles. The maximum absolute atomic E-state index is 11.8. The predicted molar refractivity (Wildman–Crippen MR) is 83.9 cm³/mol. The minimum absolute atomic E-state index is 0. The number of carbonyl (C=O) groups excluding carboxylic acids is 1. The molecule has 2 N–H and O–H groups in total. The van der Waals surface area contributed by atoms with Gasteiger partial charge in [-0.25, -0.2) is 0 Å². The molecule has 0 bridgehead atoms. The van der Waals surface area contributed by atoms with Gasteiger partial charge < -0.3 is 20.1 Å². The molecule has 1 heterocycles. The molecule has 21 heavy (non-hydrogen) atoms. The lowest BCUT2D eigenvalue weighted by Crippen LogP contribution is -2.41. The number of benzene rings is 1. The summed E-state index contributed by atoms with van der Waals surface area (Å²) in [7, 11) is 0. The summed E-state index contributed by atoms with van der Waals surface area (Å²) in [5.41, 5.74) is 1.03. The molecular formula is C15H23ClN2O3. The molecule has 6 heteroatoms. The molecule has 1 aromatic rings. The molecule has 1 atom stereocenters. The zero-order valence-corrected chi connectivity index (χ0v) is 13.1. The van der Waals surface area contributed by atoms with Gasteiger partial charge in [0.15, 0.2) is 0 Å². The quantitative estimate of drug-likeness (QED) is 0.835. The summed E-state index contributed by atoms with van der Waals surface area (Å²) in [6.45, 7) is 5.39. The number of carbonyl (C=O) groups is 1. The highest BCUT2D eigenvalue weighted by molar-refractivity contribution is 5.85. The second-order valence-electron chi connectivity index (χ2n) is 4.76. The topological polar surface area (TPSA) is 59.6 Å². The van der Waals surface area contributed by atoms with Gasteiger partial charge in [-0.05, 0) is 24.6 Å². The van der Waals surface area contributed by atoms with E-state index in [0.29, 0.717) is 26.2 Å². The molecule has 5 nitrogen and oxygen atoms in total. The zero-order valence-electron chi connectivity index (χ0n) is 12.3. The van der Waals surface area contributed by atoms with Crippen molar-refractivity contribution in [2.75, 3.05) is 26.3 Å². The largest absolute Gasteiger partial charge is 0.494 e. The molecule has 1 aliphatic rings. The molecule has 2 rings (SSSR count). The highest BCUT2D eigenvalue weighted by Crippen LogP contribution is 2.13. The number of hydrogen-bond acceptors (Lipinski definition) is 4. The Labute approximate surface area is 131 Å². The van der Waals surface area contributed by atoms with Gasteiger partial charge in [0.25, 0.3) is 0 Å². The van der Waals surface area contributed by atoms with Crippen LogP contribution in [0.1, 0.15) is 18.9 Å². The summed E-state index contributed by atoms with van der Waals surface area (Å²) in [6, 6.07) is 7.76. The number of nitrogens with one attached hydrogen (secondary N) is 2. The Balaban J connectivity index is 0.00000220. The van der Waals surface area contributed by atoms with Crippen LogP contribution >= 0.6 is 12.4 Å². The normalized spacial score (nSPS) is 17.7. The second-order valence-corrected chi connectivity index (χ2v) is 4.76. The standard InChI is InChI=1S/C15H22N2O3.ClH/c1-2-19-13-5-3-4-12(8-13)10-17-15(18)9-14-11-16-6-7-20-14;/h3-5,8,14,16H,2,6-7,9-11H2,1H3,(H,17,18);1H. The maximum Gasteiger partial charge on any atom is 0.222 e. The first-order chi connectivity index (χ1) is 9.78. The molecule has 0 radical (unpaired) electrons. The first-order valence-electron chi connectivity index (χ1n) is 7.08. The van der Waals surface area contributed by atoms with Crippen LogP contribution in [0.3, 0.4) is 0 Å². The van der Waals surface area contributed by atoms with Crippen LogP contribution in [0.4, 0.5) is 0 Å². The Morgan fingerprint density at radius 3 is 3.10 bits per heavy atom. The van der Waals surface area contributed by atoms with Crippen molar-refractivity contribution in [2.24, 2.45) is 0 Å². The zero-order chi connectivity index (χ0) is 14.2. The van der Waals surface area contributed by atoms with E-state index in [1.165, 1.54) is 0 Å². The van der Waals surface area contributed by atoms with Gasteiger partial charge in [-0.15, -0.1) is 12.4 Å². The number of halogens is 1. The van der Waals surface area contributed by atoms with E-state index in [9.17, 15) is 4.79 Å². The van der Waals surface area contributed by atoms with Gasteiger partial charge in [-0.2, -0.15) is 0 Å². The van der Waals surface area contributed by atoms with Crippen molar-refractivity contribution in [1.29, 1.82) is 0 Å². The van der Waals surface area contributed by atoms with Crippen LogP contribution in [0.5, 0.6) is 5.75 Å². The Hall–Kier alpha value is -1.30. The average molecular weight is 315 g/mol. The third-order valence-corrected chi connectivity index (χ3v) is 3.12. The molecule has 1 aromatic carbocycles. The number of morpholine rings is 1. The van der Waals surface area contributed by atoms with E-state index in [2.05, 4.69) is 10.6 Å². The van der Waals surface area contributed by atoms with Crippen molar-refractivity contribution >= 4 is 18.3 Å². The number of hydrogen-bond donors (Lipinski definition) is 2. The molecule has 1 saturated heterocycles. The van der Waals surface area contributed by atoms with Gasteiger partial charge in [0.1, 0.15) is 5.75 Å². The van der Waals surface area contributed by atoms with Crippen LogP contribution in [0.25, 0.3) is 0 Å². The van der Waals surface area contributed by atoms with Gasteiger partial charge in [-0.3, -0.25) is 4.79 Å². The lowest BCUT2D eigenvalue weighted by molar-refractivity contribution is -0.124. The number of rotatable bonds is 6. The third kappa shape index (κ3) is 6.33. The first kappa shape index (κ1) is 17.8. The maximum atomic E-state index is 11.8. The van der Waals surface area contributed by atoms with Gasteiger partial charge in [0, 0.05) is 19.6 Å². The Morgan fingerprint density at radius 2 is 2.38 bits per heavy atom. The highest BCUT2D eigenvalue weighted by atomic mass is 35.5. The van der Waals surface area contributed by atoms with Crippen molar-refractivity contribution in [3.63, 3.8) is 0 Å². The number of amides is 1. The predicted octanol–water partition coefficient (Wildman–Crippen LogP) is 1.50. The van der Waals surface area contributed by atoms with E-state index in [1.807, 2.05) is 31.2 Å². The van der Waals surface area contributed by atoms with E-state index in [1.54, 1.807) is 0 Å². The van der Waals surface area contributed by atoms with Crippen LogP contribution in [-0.4, -0.2) is 38.3 Å². The summed E-state index contributed by atoms with van der Waals surface area (Å²) in [5.74, 6) is 0.847. The molecule has 1 aliphatic heterocycles. The van der Waals surface area contributed by atoms with Crippen LogP contribution < -0.4 is 15.4 Å². The van der Waals surface area contributed by atoms with E-state index in [-0.39, 0.29) is 24.4 Å². The van der Waals surface area contributed by atoms with Gasteiger partial charge in [0.2, 0.25) is 5.91 Å². The van der Waals surface area contributed by atoms with Crippen LogP contribution in [0.15, 0.2) is 24.3 Å². The Morgan fingerprint density at radius 1 is 1.52 bits per heavy atom. The fraction of sp³-hybridized carbons (Fsp3) is 0.533. The van der Waals surface area contributed by atoms with E-state index < -0.39 is 0 Å². The van der Waals surface area contributed by atoms with Crippen molar-refractivity contribution in [3.8, 4) is 5.75 Å². The van der Waals surface area contributed by atoms with E-state index in [0.717, 1.165) is 24.4 Å². The smallest absolute Gasteiger partial charge is 0.222 e. The summed E-state index contributed by atoms with van der Waals surface area (Å²) in [5, 5.41) is 6.13.